The van der Waals surface area contributed by atoms with Gasteiger partial charge < -0.3 is 15.4 Å². The minimum atomic E-state index is -0.276. The molecule has 0 spiro atoms. The van der Waals surface area contributed by atoms with Gasteiger partial charge in [0.25, 0.3) is 5.91 Å². The number of rotatable bonds is 8. The monoisotopic (exact) mass is 379 g/mol. The largest absolute Gasteiger partial charge is 0.494 e. The predicted molar refractivity (Wildman–Crippen MR) is 108 cm³/mol. The van der Waals surface area contributed by atoms with Crippen LogP contribution in [0.25, 0.3) is 0 Å². The average Bonchev–Trinajstić information content (AvgIpc) is 2.72. The van der Waals surface area contributed by atoms with Crippen molar-refractivity contribution in [3.63, 3.8) is 0 Å². The average molecular weight is 379 g/mol. The molecule has 0 saturated carbocycles. The summed E-state index contributed by atoms with van der Waals surface area (Å²) in [5, 5.41) is 6.05. The predicted octanol–water partition coefficient (Wildman–Crippen LogP) is 4.53. The summed E-state index contributed by atoms with van der Waals surface area (Å²) >= 11 is 0. The van der Waals surface area contributed by atoms with Crippen LogP contribution in [0, 0.1) is 5.82 Å². The molecule has 0 atom stereocenters. The Bertz CT molecular complexity index is 895. The van der Waals surface area contributed by atoms with Gasteiger partial charge in [-0.15, -0.1) is 0 Å². The number of pyridine rings is 1. The molecule has 6 heteroatoms. The van der Waals surface area contributed by atoms with Gasteiger partial charge in [-0.25, -0.2) is 9.37 Å². The maximum Gasteiger partial charge on any atom is 0.274 e. The Morgan fingerprint density at radius 2 is 1.71 bits per heavy atom. The van der Waals surface area contributed by atoms with Crippen LogP contribution in [-0.4, -0.2) is 24.0 Å². The highest BCUT2D eigenvalue weighted by atomic mass is 19.1. The molecule has 5 nitrogen and oxygen atoms in total. The van der Waals surface area contributed by atoms with E-state index < -0.39 is 0 Å². The quantitative estimate of drug-likeness (QED) is 0.604. The zero-order chi connectivity index (χ0) is 19.8. The lowest BCUT2D eigenvalue weighted by Gasteiger charge is -2.08. The van der Waals surface area contributed by atoms with Crippen molar-refractivity contribution in [2.24, 2.45) is 0 Å². The fraction of sp³-hybridized carbons (Fsp3) is 0.182. The number of benzene rings is 2. The highest BCUT2D eigenvalue weighted by Gasteiger charge is 2.08. The first-order chi connectivity index (χ1) is 13.6. The second kappa shape index (κ2) is 9.50. The zero-order valence-electron chi connectivity index (χ0n) is 15.6. The molecular formula is C22H22FN3O2. The first-order valence-electron chi connectivity index (χ1n) is 9.12. The second-order valence-electron chi connectivity index (χ2n) is 6.15. The molecule has 2 N–H and O–H groups in total. The summed E-state index contributed by atoms with van der Waals surface area (Å²) in [6.07, 6.45) is 2.39. The van der Waals surface area contributed by atoms with E-state index in [1.807, 2.05) is 13.0 Å². The molecule has 0 fully saturated rings. The van der Waals surface area contributed by atoms with E-state index in [4.69, 9.17) is 4.74 Å². The maximum absolute atomic E-state index is 12.9. The number of nitrogens with one attached hydrogen (secondary N) is 2. The summed E-state index contributed by atoms with van der Waals surface area (Å²) < 4.78 is 18.3. The van der Waals surface area contributed by atoms with Gasteiger partial charge in [-0.05, 0) is 67.4 Å². The summed E-state index contributed by atoms with van der Waals surface area (Å²) in [4.78, 5) is 16.5. The van der Waals surface area contributed by atoms with Gasteiger partial charge in [-0.1, -0.05) is 12.1 Å². The molecule has 3 aromatic rings. The van der Waals surface area contributed by atoms with E-state index in [9.17, 15) is 9.18 Å². The summed E-state index contributed by atoms with van der Waals surface area (Å²) in [6.45, 7) is 3.20. The van der Waals surface area contributed by atoms with Crippen LogP contribution in [0.5, 0.6) is 5.75 Å². The smallest absolute Gasteiger partial charge is 0.274 e. The molecule has 0 radical (unpaired) electrons. The van der Waals surface area contributed by atoms with Crippen LogP contribution in [0.15, 0.2) is 66.9 Å². The van der Waals surface area contributed by atoms with Crippen LogP contribution < -0.4 is 15.4 Å². The van der Waals surface area contributed by atoms with E-state index in [1.54, 1.807) is 48.7 Å². The Morgan fingerprint density at radius 1 is 1.00 bits per heavy atom. The van der Waals surface area contributed by atoms with E-state index in [0.29, 0.717) is 24.5 Å². The molecule has 1 heterocycles. The minimum absolute atomic E-state index is 0.236. The summed E-state index contributed by atoms with van der Waals surface area (Å²) in [5.74, 6) is 0.247. The number of amides is 1. The Morgan fingerprint density at radius 3 is 2.36 bits per heavy atom. The number of anilines is 2. The molecule has 144 valence electrons. The summed E-state index contributed by atoms with van der Waals surface area (Å²) in [6, 6.07) is 17.1. The van der Waals surface area contributed by atoms with E-state index in [2.05, 4.69) is 15.6 Å². The van der Waals surface area contributed by atoms with Crippen molar-refractivity contribution < 1.29 is 13.9 Å². The van der Waals surface area contributed by atoms with Crippen molar-refractivity contribution in [1.82, 2.24) is 4.98 Å². The van der Waals surface area contributed by atoms with Crippen LogP contribution in [0.1, 0.15) is 23.0 Å². The minimum Gasteiger partial charge on any atom is -0.494 e. The Hall–Kier alpha value is -3.41. The standard InChI is InChI=1S/C22H22FN3O2/c1-2-28-20-10-7-18(8-11-20)26-22(27)21-12-9-19(15-25-21)24-14-13-16-3-5-17(23)6-4-16/h3-12,15,24H,2,13-14H2,1H3,(H,26,27). The van der Waals surface area contributed by atoms with Crippen molar-refractivity contribution in [3.05, 3.63) is 83.9 Å². The topological polar surface area (TPSA) is 63.2 Å². The van der Waals surface area contributed by atoms with E-state index >= 15 is 0 Å². The lowest BCUT2D eigenvalue weighted by Crippen LogP contribution is -2.14. The van der Waals surface area contributed by atoms with Crippen LogP contribution in [0.3, 0.4) is 0 Å². The molecular weight excluding hydrogens is 357 g/mol. The molecule has 0 unspecified atom stereocenters. The molecule has 3 rings (SSSR count). The molecule has 2 aromatic carbocycles. The van der Waals surface area contributed by atoms with E-state index in [-0.39, 0.29) is 11.7 Å². The number of nitrogens with zero attached hydrogens (tertiary/aromatic N) is 1. The molecule has 0 aliphatic carbocycles. The van der Waals surface area contributed by atoms with E-state index in [0.717, 1.165) is 23.4 Å². The molecule has 0 saturated heterocycles. The molecule has 0 bridgehead atoms. The molecule has 0 aliphatic rings. The lowest BCUT2D eigenvalue weighted by molar-refractivity contribution is 0.102. The van der Waals surface area contributed by atoms with Crippen molar-refractivity contribution in [1.29, 1.82) is 0 Å². The van der Waals surface area contributed by atoms with Gasteiger partial charge in [-0.2, -0.15) is 0 Å². The lowest BCUT2D eigenvalue weighted by atomic mass is 10.1. The molecule has 1 amide bonds. The summed E-state index contributed by atoms with van der Waals surface area (Å²) in [5.41, 5.74) is 2.88. The van der Waals surface area contributed by atoms with Crippen LogP contribution in [0.4, 0.5) is 15.8 Å². The van der Waals surface area contributed by atoms with Gasteiger partial charge in [0.1, 0.15) is 17.3 Å². The highest BCUT2D eigenvalue weighted by molar-refractivity contribution is 6.02. The SMILES string of the molecule is CCOc1ccc(NC(=O)c2ccc(NCCc3ccc(F)cc3)cn2)cc1. The van der Waals surface area contributed by atoms with Crippen molar-refractivity contribution in [2.75, 3.05) is 23.8 Å². The van der Waals surface area contributed by atoms with Crippen molar-refractivity contribution in [2.45, 2.75) is 13.3 Å². The van der Waals surface area contributed by atoms with Crippen molar-refractivity contribution >= 4 is 17.3 Å². The maximum atomic E-state index is 12.9. The summed E-state index contributed by atoms with van der Waals surface area (Å²) in [7, 11) is 0. The van der Waals surface area contributed by atoms with Crippen LogP contribution in [-0.2, 0) is 6.42 Å². The highest BCUT2D eigenvalue weighted by Crippen LogP contribution is 2.16. The molecule has 28 heavy (non-hydrogen) atoms. The third kappa shape index (κ3) is 5.54. The Balaban J connectivity index is 1.50. The van der Waals surface area contributed by atoms with Gasteiger partial charge in [0.2, 0.25) is 0 Å². The first kappa shape index (κ1) is 19.4. The third-order valence-electron chi connectivity index (χ3n) is 4.08. The fourth-order valence-electron chi connectivity index (χ4n) is 2.63. The van der Waals surface area contributed by atoms with Crippen molar-refractivity contribution in [3.8, 4) is 5.75 Å². The normalized spacial score (nSPS) is 10.4. The van der Waals surface area contributed by atoms with Crippen LogP contribution >= 0.6 is 0 Å². The zero-order valence-corrected chi connectivity index (χ0v) is 15.6. The van der Waals surface area contributed by atoms with Gasteiger partial charge in [0.05, 0.1) is 18.5 Å². The van der Waals surface area contributed by atoms with Gasteiger partial charge in [0, 0.05) is 12.2 Å². The number of ether oxygens (including phenoxy) is 1. The second-order valence-corrected chi connectivity index (χ2v) is 6.15. The third-order valence-corrected chi connectivity index (χ3v) is 4.08. The number of carbonyl (C=O) groups is 1. The van der Waals surface area contributed by atoms with Crippen LogP contribution in [0.2, 0.25) is 0 Å². The van der Waals surface area contributed by atoms with Gasteiger partial charge in [0.15, 0.2) is 0 Å². The fourth-order valence-corrected chi connectivity index (χ4v) is 2.63. The van der Waals surface area contributed by atoms with Gasteiger partial charge >= 0.3 is 0 Å². The van der Waals surface area contributed by atoms with Gasteiger partial charge in [-0.3, -0.25) is 4.79 Å². The Kier molecular flexibility index (Phi) is 6.57. The first-order valence-corrected chi connectivity index (χ1v) is 9.12. The number of carbonyl (C=O) groups excluding carboxylic acids is 1. The molecule has 1 aromatic heterocycles. The number of hydrogen-bond acceptors (Lipinski definition) is 4. The Labute approximate surface area is 163 Å². The number of aromatic nitrogens is 1. The van der Waals surface area contributed by atoms with E-state index in [1.165, 1.54) is 12.1 Å². The molecule has 0 aliphatic heterocycles. The number of hydrogen-bond donors (Lipinski definition) is 2. The number of halogens is 1.